The number of hydrogen-bond donors (Lipinski definition) is 0. The van der Waals surface area contributed by atoms with Crippen LogP contribution in [0.15, 0.2) is 18.2 Å². The molecule has 1 unspecified atom stereocenters. The molecular formula is C12H14F2O. The summed E-state index contributed by atoms with van der Waals surface area (Å²) in [6.07, 6.45) is 1.24. The van der Waals surface area contributed by atoms with Crippen LogP contribution >= 0.6 is 0 Å². The van der Waals surface area contributed by atoms with Crippen molar-refractivity contribution in [2.75, 3.05) is 0 Å². The average molecular weight is 212 g/mol. The van der Waals surface area contributed by atoms with Crippen molar-refractivity contribution in [1.29, 1.82) is 0 Å². The highest BCUT2D eigenvalue weighted by Gasteiger charge is 2.15. The van der Waals surface area contributed by atoms with E-state index in [0.717, 1.165) is 18.6 Å². The fourth-order valence-corrected chi connectivity index (χ4v) is 1.43. The van der Waals surface area contributed by atoms with Crippen molar-refractivity contribution in [3.8, 4) is 0 Å². The highest BCUT2D eigenvalue weighted by atomic mass is 19.2. The van der Waals surface area contributed by atoms with Crippen molar-refractivity contribution in [2.24, 2.45) is 0 Å². The Morgan fingerprint density at radius 2 is 2.00 bits per heavy atom. The molecule has 1 nitrogen and oxygen atoms in total. The smallest absolute Gasteiger partial charge is 0.159 e. The van der Waals surface area contributed by atoms with Crippen molar-refractivity contribution in [2.45, 2.75) is 32.6 Å². The summed E-state index contributed by atoms with van der Waals surface area (Å²) < 4.78 is 25.6. The Labute approximate surface area is 88.1 Å². The molecule has 0 aliphatic carbocycles. The highest BCUT2D eigenvalue weighted by Crippen LogP contribution is 2.20. The zero-order chi connectivity index (χ0) is 11.4. The first kappa shape index (κ1) is 11.8. The molecule has 0 saturated heterocycles. The lowest BCUT2D eigenvalue weighted by Crippen LogP contribution is -2.09. The van der Waals surface area contributed by atoms with Crippen LogP contribution in [0.2, 0.25) is 0 Å². The number of rotatable bonds is 4. The van der Waals surface area contributed by atoms with Gasteiger partial charge < -0.3 is 0 Å². The lowest BCUT2D eigenvalue weighted by atomic mass is 9.94. The van der Waals surface area contributed by atoms with Crippen LogP contribution in [0, 0.1) is 11.6 Å². The molecule has 1 aromatic carbocycles. The molecule has 0 saturated carbocycles. The van der Waals surface area contributed by atoms with Crippen molar-refractivity contribution in [3.05, 3.63) is 35.4 Å². The van der Waals surface area contributed by atoms with Crippen LogP contribution in [0.1, 0.15) is 38.2 Å². The molecule has 0 amide bonds. The number of ketones is 1. The third-order valence-corrected chi connectivity index (χ3v) is 2.42. The highest BCUT2D eigenvalue weighted by molar-refractivity contribution is 5.85. The average Bonchev–Trinajstić information content (AvgIpc) is 2.21. The Kier molecular flexibility index (Phi) is 3.95. The van der Waals surface area contributed by atoms with E-state index in [1.165, 1.54) is 6.07 Å². The largest absolute Gasteiger partial charge is 0.299 e. The van der Waals surface area contributed by atoms with Gasteiger partial charge in [0.2, 0.25) is 0 Å². The summed E-state index contributed by atoms with van der Waals surface area (Å²) in [5.74, 6) is -2.08. The number of carbonyl (C=O) groups excluding carboxylic acids is 1. The minimum Gasteiger partial charge on any atom is -0.299 e. The lowest BCUT2D eigenvalue weighted by molar-refractivity contribution is -0.120. The summed E-state index contributed by atoms with van der Waals surface area (Å²) in [5, 5.41) is 0. The summed E-state index contributed by atoms with van der Waals surface area (Å²) in [6, 6.07) is 3.60. The first-order chi connectivity index (χ1) is 7.06. The van der Waals surface area contributed by atoms with Crippen molar-refractivity contribution in [1.82, 2.24) is 0 Å². The normalized spacial score (nSPS) is 12.5. The number of hydrogen-bond acceptors (Lipinski definition) is 1. The van der Waals surface area contributed by atoms with Crippen LogP contribution in [0.4, 0.5) is 8.78 Å². The molecule has 1 aromatic rings. The Morgan fingerprint density at radius 3 is 2.53 bits per heavy atom. The van der Waals surface area contributed by atoms with E-state index in [4.69, 9.17) is 0 Å². The van der Waals surface area contributed by atoms with E-state index in [9.17, 15) is 13.6 Å². The van der Waals surface area contributed by atoms with Gasteiger partial charge in [-0.15, -0.1) is 0 Å². The summed E-state index contributed by atoms with van der Waals surface area (Å²) in [6.45, 7) is 3.63. The third kappa shape index (κ3) is 2.85. The molecule has 0 spiro atoms. The van der Waals surface area contributed by atoms with Crippen LogP contribution in [0.25, 0.3) is 0 Å². The third-order valence-electron chi connectivity index (χ3n) is 2.42. The van der Waals surface area contributed by atoms with Gasteiger partial charge in [0.15, 0.2) is 11.6 Å². The van der Waals surface area contributed by atoms with Gasteiger partial charge in [0, 0.05) is 12.3 Å². The van der Waals surface area contributed by atoms with E-state index in [-0.39, 0.29) is 11.7 Å². The van der Waals surface area contributed by atoms with Crippen LogP contribution in [-0.4, -0.2) is 5.78 Å². The summed E-state index contributed by atoms with van der Waals surface area (Å²) in [7, 11) is 0. The molecule has 1 atom stereocenters. The molecule has 0 bridgehead atoms. The van der Waals surface area contributed by atoms with Crippen molar-refractivity contribution < 1.29 is 13.6 Å². The maximum Gasteiger partial charge on any atom is 0.159 e. The monoisotopic (exact) mass is 212 g/mol. The van der Waals surface area contributed by atoms with E-state index in [1.807, 2.05) is 6.92 Å². The molecule has 3 heteroatoms. The number of carbonyl (C=O) groups is 1. The molecule has 0 fully saturated rings. The minimum atomic E-state index is -0.899. The Morgan fingerprint density at radius 1 is 1.33 bits per heavy atom. The standard InChI is InChI=1S/C12H14F2O/c1-3-4-12(15)8(2)9-5-6-10(13)11(14)7-9/h5-8H,3-4H2,1-2H3. The van der Waals surface area contributed by atoms with Crippen LogP contribution < -0.4 is 0 Å². The first-order valence-electron chi connectivity index (χ1n) is 5.04. The van der Waals surface area contributed by atoms with Gasteiger partial charge in [0.05, 0.1) is 0 Å². The van der Waals surface area contributed by atoms with Crippen LogP contribution in [0.5, 0.6) is 0 Å². The van der Waals surface area contributed by atoms with Crippen LogP contribution in [0.3, 0.4) is 0 Å². The SMILES string of the molecule is CCCC(=O)C(C)c1ccc(F)c(F)c1. The summed E-state index contributed by atoms with van der Waals surface area (Å²) in [5.41, 5.74) is 0.535. The molecule has 0 N–H and O–H groups in total. The molecule has 0 aromatic heterocycles. The van der Waals surface area contributed by atoms with Gasteiger partial charge >= 0.3 is 0 Å². The second-order valence-corrected chi connectivity index (χ2v) is 3.61. The zero-order valence-electron chi connectivity index (χ0n) is 8.89. The molecule has 0 heterocycles. The molecule has 1 rings (SSSR count). The molecule has 15 heavy (non-hydrogen) atoms. The predicted molar refractivity (Wildman–Crippen MR) is 54.7 cm³/mol. The summed E-state index contributed by atoms with van der Waals surface area (Å²) in [4.78, 5) is 11.5. The fraction of sp³-hybridized carbons (Fsp3) is 0.417. The second kappa shape index (κ2) is 5.01. The summed E-state index contributed by atoms with van der Waals surface area (Å²) >= 11 is 0. The molecule has 0 aliphatic rings. The maximum atomic E-state index is 12.9. The topological polar surface area (TPSA) is 17.1 Å². The van der Waals surface area contributed by atoms with E-state index in [2.05, 4.69) is 0 Å². The minimum absolute atomic E-state index is 0.0588. The zero-order valence-corrected chi connectivity index (χ0v) is 8.89. The molecule has 0 radical (unpaired) electrons. The van der Waals surface area contributed by atoms with Crippen molar-refractivity contribution in [3.63, 3.8) is 0 Å². The van der Waals surface area contributed by atoms with Gasteiger partial charge in [-0.1, -0.05) is 19.9 Å². The molecule has 82 valence electrons. The number of Topliss-reactive ketones (excluding diaryl/α,β-unsaturated/α-hetero) is 1. The van der Waals surface area contributed by atoms with E-state index in [0.29, 0.717) is 12.0 Å². The van der Waals surface area contributed by atoms with Gasteiger partial charge in [0.1, 0.15) is 5.78 Å². The van der Waals surface area contributed by atoms with Gasteiger partial charge in [-0.2, -0.15) is 0 Å². The predicted octanol–water partition coefficient (Wildman–Crippen LogP) is 3.44. The number of benzene rings is 1. The van der Waals surface area contributed by atoms with Gasteiger partial charge in [-0.3, -0.25) is 4.79 Å². The van der Waals surface area contributed by atoms with E-state index < -0.39 is 11.6 Å². The van der Waals surface area contributed by atoms with Gasteiger partial charge in [-0.25, -0.2) is 8.78 Å². The molecule has 0 aliphatic heterocycles. The van der Waals surface area contributed by atoms with Crippen molar-refractivity contribution >= 4 is 5.78 Å². The van der Waals surface area contributed by atoms with E-state index >= 15 is 0 Å². The van der Waals surface area contributed by atoms with Gasteiger partial charge in [0.25, 0.3) is 0 Å². The quantitative estimate of drug-likeness (QED) is 0.747. The fourth-order valence-electron chi connectivity index (χ4n) is 1.43. The Bertz CT molecular complexity index is 361. The molecular weight excluding hydrogens is 198 g/mol. The van der Waals surface area contributed by atoms with E-state index in [1.54, 1.807) is 6.92 Å². The van der Waals surface area contributed by atoms with Crippen LogP contribution in [-0.2, 0) is 4.79 Å². The first-order valence-corrected chi connectivity index (χ1v) is 5.04. The maximum absolute atomic E-state index is 12.9. The van der Waals surface area contributed by atoms with Gasteiger partial charge in [-0.05, 0) is 24.1 Å². The second-order valence-electron chi connectivity index (χ2n) is 3.61. The lowest BCUT2D eigenvalue weighted by Gasteiger charge is -2.10. The Hall–Kier alpha value is -1.25. The number of halogens is 2. The Balaban J connectivity index is 2.86.